The minimum absolute atomic E-state index is 0.00425. The maximum Gasteiger partial charge on any atom is 0.238 e. The molecule has 0 aliphatic rings. The molecule has 2 aromatic carbocycles. The van der Waals surface area contributed by atoms with Gasteiger partial charge in [-0.1, -0.05) is 24.3 Å². The van der Waals surface area contributed by atoms with E-state index in [9.17, 15) is 13.2 Å². The van der Waals surface area contributed by atoms with Gasteiger partial charge in [-0.2, -0.15) is 5.10 Å². The summed E-state index contributed by atoms with van der Waals surface area (Å²) >= 11 is 0. The average molecular weight is 407 g/mol. The fourth-order valence-electron chi connectivity index (χ4n) is 2.93. The van der Waals surface area contributed by atoms with Crippen molar-refractivity contribution in [2.24, 2.45) is 5.14 Å². The van der Waals surface area contributed by atoms with Crippen LogP contribution in [0.2, 0.25) is 0 Å². The Kier molecular flexibility index (Phi) is 4.83. The normalized spacial score (nSPS) is 11.5. The SMILES string of the molecule is NS(=O)(=O)c1ccc(NC(=O)Cc2ccc(-c3ccn4ncnc4c3)cc2)cc1. The fraction of sp³-hybridized carbons (Fsp3) is 0.0500. The minimum Gasteiger partial charge on any atom is -0.326 e. The van der Waals surface area contributed by atoms with Crippen molar-refractivity contribution in [2.75, 3.05) is 5.32 Å². The Morgan fingerprint density at radius 2 is 1.72 bits per heavy atom. The van der Waals surface area contributed by atoms with E-state index in [0.717, 1.165) is 22.3 Å². The minimum atomic E-state index is -3.75. The zero-order chi connectivity index (χ0) is 20.4. The smallest absolute Gasteiger partial charge is 0.238 e. The summed E-state index contributed by atoms with van der Waals surface area (Å²) in [4.78, 5) is 16.4. The van der Waals surface area contributed by atoms with Gasteiger partial charge in [-0.3, -0.25) is 4.79 Å². The molecule has 0 aliphatic carbocycles. The van der Waals surface area contributed by atoms with E-state index in [1.54, 1.807) is 4.52 Å². The van der Waals surface area contributed by atoms with Gasteiger partial charge >= 0.3 is 0 Å². The highest BCUT2D eigenvalue weighted by atomic mass is 32.2. The number of carbonyl (C=O) groups is 1. The van der Waals surface area contributed by atoms with Crippen LogP contribution in [-0.2, 0) is 21.2 Å². The number of nitrogens with two attached hydrogens (primary N) is 1. The quantitative estimate of drug-likeness (QED) is 0.526. The zero-order valence-electron chi connectivity index (χ0n) is 15.2. The molecule has 0 radical (unpaired) electrons. The third kappa shape index (κ3) is 4.31. The van der Waals surface area contributed by atoms with Gasteiger partial charge in [-0.25, -0.2) is 23.1 Å². The summed E-state index contributed by atoms with van der Waals surface area (Å²) in [6.45, 7) is 0. The molecule has 0 saturated carbocycles. The monoisotopic (exact) mass is 407 g/mol. The molecule has 0 atom stereocenters. The van der Waals surface area contributed by atoms with Gasteiger partial charge in [-0.05, 0) is 53.1 Å². The molecule has 9 heteroatoms. The van der Waals surface area contributed by atoms with Gasteiger partial charge in [0.2, 0.25) is 15.9 Å². The fourth-order valence-corrected chi connectivity index (χ4v) is 3.44. The van der Waals surface area contributed by atoms with Crippen molar-refractivity contribution in [2.45, 2.75) is 11.3 Å². The molecular formula is C20H17N5O3S. The third-order valence-corrected chi connectivity index (χ3v) is 5.33. The molecule has 2 heterocycles. The Morgan fingerprint density at radius 1 is 1.00 bits per heavy atom. The lowest BCUT2D eigenvalue weighted by Crippen LogP contribution is -2.15. The van der Waals surface area contributed by atoms with Crippen molar-refractivity contribution < 1.29 is 13.2 Å². The predicted octanol–water partition coefficient (Wildman–Crippen LogP) is 2.22. The van der Waals surface area contributed by atoms with Crippen LogP contribution in [0.1, 0.15) is 5.56 Å². The van der Waals surface area contributed by atoms with E-state index in [1.165, 1.54) is 30.6 Å². The van der Waals surface area contributed by atoms with Gasteiger partial charge in [0.25, 0.3) is 0 Å². The maximum atomic E-state index is 12.3. The van der Waals surface area contributed by atoms with E-state index in [0.29, 0.717) is 5.69 Å². The van der Waals surface area contributed by atoms with Crippen molar-refractivity contribution >= 4 is 27.3 Å². The first-order valence-electron chi connectivity index (χ1n) is 8.70. The largest absolute Gasteiger partial charge is 0.326 e. The van der Waals surface area contributed by atoms with Crippen LogP contribution in [0.25, 0.3) is 16.8 Å². The van der Waals surface area contributed by atoms with Gasteiger partial charge < -0.3 is 5.32 Å². The average Bonchev–Trinajstić information content (AvgIpc) is 3.16. The Balaban J connectivity index is 1.42. The van der Waals surface area contributed by atoms with Crippen molar-refractivity contribution in [3.05, 3.63) is 78.8 Å². The molecule has 0 bridgehead atoms. The molecule has 0 spiro atoms. The standard InChI is InChI=1S/C20H17N5O3S/c21-29(27,28)18-7-5-17(6-8-18)24-20(26)11-14-1-3-15(4-2-14)16-9-10-25-19(12-16)22-13-23-25/h1-10,12-13H,11H2,(H,24,26)(H2,21,27,28). The number of benzene rings is 2. The molecule has 8 nitrogen and oxygen atoms in total. The van der Waals surface area contributed by atoms with Crippen LogP contribution in [0, 0.1) is 0 Å². The van der Waals surface area contributed by atoms with Gasteiger partial charge in [0, 0.05) is 11.9 Å². The number of nitrogens with zero attached hydrogens (tertiary/aromatic N) is 3. The molecule has 2 aromatic heterocycles. The number of primary sulfonamides is 1. The molecule has 146 valence electrons. The van der Waals surface area contributed by atoms with Gasteiger partial charge in [-0.15, -0.1) is 0 Å². The van der Waals surface area contributed by atoms with E-state index in [-0.39, 0.29) is 17.2 Å². The Hall–Kier alpha value is -3.56. The molecule has 3 N–H and O–H groups in total. The third-order valence-electron chi connectivity index (χ3n) is 4.40. The number of fused-ring (bicyclic) bond motifs is 1. The highest BCUT2D eigenvalue weighted by Crippen LogP contribution is 2.21. The van der Waals surface area contributed by atoms with E-state index < -0.39 is 10.0 Å². The Bertz CT molecular complexity index is 1280. The van der Waals surface area contributed by atoms with Crippen molar-refractivity contribution in [3.8, 4) is 11.1 Å². The van der Waals surface area contributed by atoms with Crippen molar-refractivity contribution in [1.82, 2.24) is 14.6 Å². The Labute approximate surface area is 167 Å². The number of nitrogens with one attached hydrogen (secondary N) is 1. The number of anilines is 1. The molecule has 29 heavy (non-hydrogen) atoms. The summed E-state index contributed by atoms with van der Waals surface area (Å²) in [6, 6.07) is 17.3. The first-order chi connectivity index (χ1) is 13.9. The first-order valence-corrected chi connectivity index (χ1v) is 10.2. The summed E-state index contributed by atoms with van der Waals surface area (Å²) in [6.07, 6.45) is 3.55. The molecule has 1 amide bonds. The van der Waals surface area contributed by atoms with Crippen LogP contribution in [0.15, 0.2) is 78.1 Å². The van der Waals surface area contributed by atoms with Crippen LogP contribution in [0.5, 0.6) is 0 Å². The summed E-state index contributed by atoms with van der Waals surface area (Å²) in [7, 11) is -3.75. The number of rotatable bonds is 5. The maximum absolute atomic E-state index is 12.3. The van der Waals surface area contributed by atoms with E-state index >= 15 is 0 Å². The summed E-state index contributed by atoms with van der Waals surface area (Å²) in [5.74, 6) is -0.203. The van der Waals surface area contributed by atoms with E-state index in [4.69, 9.17) is 5.14 Å². The molecule has 4 aromatic rings. The number of aromatic nitrogens is 3. The number of hydrogen-bond acceptors (Lipinski definition) is 5. The lowest BCUT2D eigenvalue weighted by Gasteiger charge is -2.07. The highest BCUT2D eigenvalue weighted by molar-refractivity contribution is 7.89. The molecule has 0 unspecified atom stereocenters. The Morgan fingerprint density at radius 3 is 2.41 bits per heavy atom. The highest BCUT2D eigenvalue weighted by Gasteiger charge is 2.09. The van der Waals surface area contributed by atoms with Crippen LogP contribution in [-0.4, -0.2) is 28.9 Å². The zero-order valence-corrected chi connectivity index (χ0v) is 16.0. The second-order valence-corrected chi connectivity index (χ2v) is 8.03. The van der Waals surface area contributed by atoms with Crippen LogP contribution in [0.3, 0.4) is 0 Å². The predicted molar refractivity (Wildman–Crippen MR) is 109 cm³/mol. The van der Waals surface area contributed by atoms with Crippen molar-refractivity contribution in [1.29, 1.82) is 0 Å². The summed E-state index contributed by atoms with van der Waals surface area (Å²) < 4.78 is 24.2. The molecule has 0 aliphatic heterocycles. The van der Waals surface area contributed by atoms with Gasteiger partial charge in [0.1, 0.15) is 6.33 Å². The van der Waals surface area contributed by atoms with Crippen LogP contribution < -0.4 is 10.5 Å². The second kappa shape index (κ2) is 7.46. The topological polar surface area (TPSA) is 119 Å². The number of amides is 1. The number of pyridine rings is 1. The first kappa shape index (κ1) is 18.8. The van der Waals surface area contributed by atoms with Crippen molar-refractivity contribution in [3.63, 3.8) is 0 Å². The number of sulfonamides is 1. The van der Waals surface area contributed by atoms with Gasteiger partial charge in [0.05, 0.1) is 11.3 Å². The molecule has 0 fully saturated rings. The van der Waals surface area contributed by atoms with E-state index in [1.807, 2.05) is 42.6 Å². The van der Waals surface area contributed by atoms with E-state index in [2.05, 4.69) is 15.4 Å². The molecule has 4 rings (SSSR count). The number of carbonyl (C=O) groups excluding carboxylic acids is 1. The van der Waals surface area contributed by atoms with Crippen LogP contribution in [0.4, 0.5) is 5.69 Å². The molecular weight excluding hydrogens is 390 g/mol. The lowest BCUT2D eigenvalue weighted by molar-refractivity contribution is -0.115. The van der Waals surface area contributed by atoms with Gasteiger partial charge in [0.15, 0.2) is 5.65 Å². The van der Waals surface area contributed by atoms with Crippen LogP contribution >= 0.6 is 0 Å². The number of hydrogen-bond donors (Lipinski definition) is 2. The molecule has 0 saturated heterocycles. The second-order valence-electron chi connectivity index (χ2n) is 6.47. The summed E-state index contributed by atoms with van der Waals surface area (Å²) in [5.41, 5.74) is 4.14. The summed E-state index contributed by atoms with van der Waals surface area (Å²) in [5, 5.41) is 11.9. The lowest BCUT2D eigenvalue weighted by atomic mass is 10.0.